The lowest BCUT2D eigenvalue weighted by Gasteiger charge is -2.57. The van der Waals surface area contributed by atoms with E-state index < -0.39 is 12.0 Å². The minimum absolute atomic E-state index is 0.0131. The van der Waals surface area contributed by atoms with Gasteiger partial charge in [-0.2, -0.15) is 0 Å². The summed E-state index contributed by atoms with van der Waals surface area (Å²) in [5.74, 6) is 2.05. The molecule has 5 aliphatic rings. The van der Waals surface area contributed by atoms with Crippen LogP contribution in [0.25, 0.3) is 0 Å². The molecule has 1 aromatic rings. The van der Waals surface area contributed by atoms with Crippen molar-refractivity contribution in [3.8, 4) is 0 Å². The molecule has 0 radical (unpaired) electrons. The van der Waals surface area contributed by atoms with Gasteiger partial charge in [0.1, 0.15) is 11.4 Å². The summed E-state index contributed by atoms with van der Waals surface area (Å²) in [5, 5.41) is 12.2. The molecule has 0 saturated heterocycles. The molecule has 0 bridgehead atoms. The number of carbonyl (C=O) groups is 1. The maximum absolute atomic E-state index is 13.8. The van der Waals surface area contributed by atoms with Gasteiger partial charge in [0.25, 0.3) is 6.43 Å². The van der Waals surface area contributed by atoms with E-state index >= 15 is 0 Å². The summed E-state index contributed by atoms with van der Waals surface area (Å²) in [6.45, 7) is 2.50. The summed E-state index contributed by atoms with van der Waals surface area (Å²) in [5.41, 5.74) is 5.58. The molecule has 1 heterocycles. The lowest BCUT2D eigenvalue weighted by molar-refractivity contribution is -0.160. The molecule has 8 atom stereocenters. The summed E-state index contributed by atoms with van der Waals surface area (Å²) in [6.07, 6.45) is 4.39. The second-order valence-corrected chi connectivity index (χ2v) is 12.2. The number of hydrogen-bond donors (Lipinski definition) is 3. The number of rotatable bonds is 4. The molecule has 0 unspecified atom stereocenters. The van der Waals surface area contributed by atoms with Crippen molar-refractivity contribution in [1.82, 2.24) is 5.53 Å². The predicted octanol–water partition coefficient (Wildman–Crippen LogP) is 5.31. The van der Waals surface area contributed by atoms with Crippen molar-refractivity contribution in [2.45, 2.75) is 76.7 Å². The second kappa shape index (κ2) is 8.37. The van der Waals surface area contributed by atoms with E-state index in [0.29, 0.717) is 35.8 Å². The van der Waals surface area contributed by atoms with E-state index in [-0.39, 0.29) is 48.2 Å². The van der Waals surface area contributed by atoms with Gasteiger partial charge in [-0.15, -0.1) is 5.53 Å². The third kappa shape index (κ3) is 3.69. The molecule has 35 heavy (non-hydrogen) atoms. The first-order chi connectivity index (χ1) is 16.7. The van der Waals surface area contributed by atoms with E-state index in [4.69, 9.17) is 0 Å². The molecule has 4 aliphatic carbocycles. The molecule has 4 fully saturated rings. The lowest BCUT2D eigenvalue weighted by atomic mass is 9.49. The number of benzene rings is 1. The predicted molar refractivity (Wildman–Crippen MR) is 127 cm³/mol. The summed E-state index contributed by atoms with van der Waals surface area (Å²) >= 11 is 0. The zero-order chi connectivity index (χ0) is 24.5. The van der Waals surface area contributed by atoms with Gasteiger partial charge in [0.2, 0.25) is 0 Å². The highest BCUT2D eigenvalue weighted by atomic mass is 19.3. The van der Waals surface area contributed by atoms with Gasteiger partial charge < -0.3 is 10.5 Å². The van der Waals surface area contributed by atoms with Crippen molar-refractivity contribution in [3.63, 3.8) is 0 Å². The Hall–Kier alpha value is -1.80. The van der Waals surface area contributed by atoms with Crippen LogP contribution in [-0.4, -0.2) is 29.5 Å². The van der Waals surface area contributed by atoms with Gasteiger partial charge in [-0.25, -0.2) is 13.2 Å². The van der Waals surface area contributed by atoms with Crippen LogP contribution in [0.3, 0.4) is 0 Å². The van der Waals surface area contributed by atoms with Crippen LogP contribution in [0.15, 0.2) is 18.2 Å². The summed E-state index contributed by atoms with van der Waals surface area (Å²) in [4.78, 5) is 13.6. The Morgan fingerprint density at radius 1 is 1.11 bits per heavy atom. The summed E-state index contributed by atoms with van der Waals surface area (Å²) in [7, 11) is 0. The standard InChI is InChI=1S/C27H36F3N3O2/c1-26-10-8-18-17-9-11-27(35,25(29)30)13-15(17)2-4-19(18)20(26)5-6-21(26)24(34)14-33-23-12-16(28)3-7-22(23)31-32-33/h3,7,12,15,17-21,25,31-32,35H,2,4-6,8-11,13-14H2,1H3/t15-,17+,18-,19-,20+,21-,26+,27-/m1/s1. The smallest absolute Gasteiger partial charge is 0.266 e. The maximum Gasteiger partial charge on any atom is 0.266 e. The van der Waals surface area contributed by atoms with E-state index in [0.717, 1.165) is 44.2 Å². The molecule has 192 valence electrons. The summed E-state index contributed by atoms with van der Waals surface area (Å²) in [6, 6.07) is 4.51. The van der Waals surface area contributed by atoms with Gasteiger partial charge in [0.15, 0.2) is 5.78 Å². The van der Waals surface area contributed by atoms with E-state index in [9.17, 15) is 23.1 Å². The number of ketones is 1. The molecular weight excluding hydrogens is 455 g/mol. The van der Waals surface area contributed by atoms with Crippen molar-refractivity contribution in [1.29, 1.82) is 0 Å². The van der Waals surface area contributed by atoms with Gasteiger partial charge >= 0.3 is 0 Å². The summed E-state index contributed by atoms with van der Waals surface area (Å²) < 4.78 is 40.7. The van der Waals surface area contributed by atoms with Crippen molar-refractivity contribution < 1.29 is 23.1 Å². The fourth-order valence-electron chi connectivity index (χ4n) is 9.05. The molecule has 3 N–H and O–H groups in total. The van der Waals surface area contributed by atoms with E-state index in [1.165, 1.54) is 12.1 Å². The quantitative estimate of drug-likeness (QED) is 0.533. The normalized spacial score (nSPS) is 42.2. The molecular formula is C27H36F3N3O2. The SMILES string of the molecule is C[C@]12CC[C@H]3[C@@H](CC[C@@H]4C[C@@](O)(C(F)F)CC[C@@H]43)[C@@H]1CC[C@@H]2C(=O)CN1NNc2ccc(F)cc21. The molecule has 1 aliphatic heterocycles. The van der Waals surface area contributed by atoms with Gasteiger partial charge in [-0.1, -0.05) is 6.92 Å². The largest absolute Gasteiger partial charge is 0.384 e. The number of nitrogens with one attached hydrogen (secondary N) is 2. The molecule has 6 rings (SSSR count). The number of anilines is 2. The third-order valence-corrected chi connectivity index (χ3v) is 10.7. The Morgan fingerprint density at radius 2 is 1.91 bits per heavy atom. The lowest BCUT2D eigenvalue weighted by Crippen LogP contribution is -2.53. The van der Waals surface area contributed by atoms with Gasteiger partial charge in [-0.3, -0.25) is 9.80 Å². The van der Waals surface area contributed by atoms with Crippen LogP contribution in [0.5, 0.6) is 0 Å². The maximum atomic E-state index is 13.8. The van der Waals surface area contributed by atoms with Crippen LogP contribution in [0.1, 0.15) is 64.7 Å². The second-order valence-electron chi connectivity index (χ2n) is 12.2. The molecule has 0 aromatic heterocycles. The molecule has 0 amide bonds. The fraction of sp³-hybridized carbons (Fsp3) is 0.741. The van der Waals surface area contributed by atoms with Crippen molar-refractivity contribution in [2.24, 2.45) is 40.9 Å². The van der Waals surface area contributed by atoms with Gasteiger partial charge in [0, 0.05) is 12.0 Å². The first kappa shape index (κ1) is 23.6. The average Bonchev–Trinajstić information content (AvgIpc) is 3.38. The molecule has 8 heteroatoms. The first-order valence-electron chi connectivity index (χ1n) is 13.3. The first-order valence-corrected chi connectivity index (χ1v) is 13.3. The Bertz CT molecular complexity index is 1010. The highest BCUT2D eigenvalue weighted by molar-refractivity contribution is 5.88. The van der Waals surface area contributed by atoms with Crippen LogP contribution in [0.2, 0.25) is 0 Å². The van der Waals surface area contributed by atoms with Crippen LogP contribution < -0.4 is 16.0 Å². The molecule has 4 saturated carbocycles. The number of halogens is 3. The van der Waals surface area contributed by atoms with E-state index in [1.54, 1.807) is 11.1 Å². The number of carbonyl (C=O) groups excluding carboxylic acids is 1. The number of alkyl halides is 2. The monoisotopic (exact) mass is 491 g/mol. The molecule has 0 spiro atoms. The molecule has 5 nitrogen and oxygen atoms in total. The Balaban J connectivity index is 1.15. The van der Waals surface area contributed by atoms with Crippen LogP contribution in [-0.2, 0) is 4.79 Å². The highest BCUT2D eigenvalue weighted by Crippen LogP contribution is 2.65. The zero-order valence-electron chi connectivity index (χ0n) is 20.3. The third-order valence-electron chi connectivity index (χ3n) is 10.7. The minimum Gasteiger partial charge on any atom is -0.384 e. The minimum atomic E-state index is -2.67. The Kier molecular flexibility index (Phi) is 5.64. The zero-order valence-corrected chi connectivity index (χ0v) is 20.3. The number of hydrazine groups is 2. The van der Waals surface area contributed by atoms with Crippen LogP contribution >= 0.6 is 0 Å². The van der Waals surface area contributed by atoms with Crippen LogP contribution in [0, 0.1) is 46.7 Å². The number of hydrogen-bond acceptors (Lipinski definition) is 5. The highest BCUT2D eigenvalue weighted by Gasteiger charge is 2.59. The van der Waals surface area contributed by atoms with Crippen molar-refractivity contribution in [3.05, 3.63) is 24.0 Å². The average molecular weight is 492 g/mol. The van der Waals surface area contributed by atoms with E-state index in [2.05, 4.69) is 17.9 Å². The Labute approximate surface area is 204 Å². The number of fused-ring (bicyclic) bond motifs is 6. The van der Waals surface area contributed by atoms with Crippen molar-refractivity contribution >= 4 is 17.2 Å². The van der Waals surface area contributed by atoms with Crippen LogP contribution in [0.4, 0.5) is 24.5 Å². The fourth-order valence-corrected chi connectivity index (χ4v) is 9.05. The van der Waals surface area contributed by atoms with Gasteiger partial charge in [0.05, 0.1) is 17.9 Å². The topological polar surface area (TPSA) is 64.6 Å². The van der Waals surface area contributed by atoms with E-state index in [1.807, 2.05) is 0 Å². The molecule has 1 aromatic carbocycles. The number of nitrogens with zero attached hydrogens (tertiary/aromatic N) is 1. The Morgan fingerprint density at radius 3 is 2.71 bits per heavy atom. The van der Waals surface area contributed by atoms with Crippen molar-refractivity contribution in [2.75, 3.05) is 17.0 Å². The number of aliphatic hydroxyl groups is 1. The number of Topliss-reactive ketones (excluding diaryl/α,β-unsaturated/α-hetero) is 1. The van der Waals surface area contributed by atoms with Gasteiger partial charge in [-0.05, 0) is 105 Å².